The molecule has 0 atom stereocenters. The lowest BCUT2D eigenvalue weighted by atomic mass is 10.1. The van der Waals surface area contributed by atoms with Crippen molar-refractivity contribution in [3.63, 3.8) is 0 Å². The summed E-state index contributed by atoms with van der Waals surface area (Å²) in [6.07, 6.45) is -1.08. The van der Waals surface area contributed by atoms with Crippen molar-refractivity contribution >= 4 is 12.0 Å². The van der Waals surface area contributed by atoms with Gasteiger partial charge in [0, 0.05) is 5.56 Å². The molecule has 1 aromatic heterocycles. The SMILES string of the molecule is Cc1ccc(/C(N)=N\OC(=O)OCc2oc(=O)oc2C)cc1. The lowest BCUT2D eigenvalue weighted by Gasteiger charge is -2.02. The van der Waals surface area contributed by atoms with Gasteiger partial charge in [0.25, 0.3) is 0 Å². The number of ether oxygens (including phenoxy) is 1. The van der Waals surface area contributed by atoms with Crippen LogP contribution in [-0.2, 0) is 16.2 Å². The Labute approximate surface area is 125 Å². The van der Waals surface area contributed by atoms with Crippen molar-refractivity contribution in [3.8, 4) is 0 Å². The number of aryl methyl sites for hydroxylation is 2. The van der Waals surface area contributed by atoms with E-state index in [1.54, 1.807) is 12.1 Å². The Hall–Kier alpha value is -3.03. The maximum atomic E-state index is 11.4. The van der Waals surface area contributed by atoms with Crippen LogP contribution in [0.5, 0.6) is 0 Å². The number of carbonyl (C=O) groups excluding carboxylic acids is 1. The molecule has 0 fully saturated rings. The van der Waals surface area contributed by atoms with Crippen LogP contribution in [0, 0.1) is 13.8 Å². The van der Waals surface area contributed by atoms with E-state index in [0.717, 1.165) is 5.56 Å². The molecule has 0 spiro atoms. The highest BCUT2D eigenvalue weighted by atomic mass is 16.8. The summed E-state index contributed by atoms with van der Waals surface area (Å²) in [5, 5.41) is 3.47. The van der Waals surface area contributed by atoms with Crippen molar-refractivity contribution in [3.05, 3.63) is 57.5 Å². The summed E-state index contributed by atoms with van der Waals surface area (Å²) in [7, 11) is 0. The highest BCUT2D eigenvalue weighted by Gasteiger charge is 2.12. The van der Waals surface area contributed by atoms with Gasteiger partial charge in [0.1, 0.15) is 0 Å². The number of benzene rings is 1. The summed E-state index contributed by atoms with van der Waals surface area (Å²) in [5.41, 5.74) is 7.34. The number of nitrogens with zero attached hydrogens (tertiary/aromatic N) is 1. The monoisotopic (exact) mass is 306 g/mol. The first-order valence-corrected chi connectivity index (χ1v) is 6.29. The average molecular weight is 306 g/mol. The fourth-order valence-electron chi connectivity index (χ4n) is 1.52. The van der Waals surface area contributed by atoms with Gasteiger partial charge in [-0.1, -0.05) is 35.0 Å². The van der Waals surface area contributed by atoms with Crippen LogP contribution in [-0.4, -0.2) is 12.0 Å². The molecule has 8 heteroatoms. The smallest absolute Gasteiger partial charge is 0.424 e. The molecule has 0 saturated carbocycles. The van der Waals surface area contributed by atoms with Gasteiger partial charge >= 0.3 is 12.0 Å². The molecule has 0 aliphatic rings. The molecule has 0 aliphatic heterocycles. The molecule has 0 saturated heterocycles. The zero-order valence-corrected chi connectivity index (χ0v) is 12.0. The summed E-state index contributed by atoms with van der Waals surface area (Å²) in [6.45, 7) is 3.13. The van der Waals surface area contributed by atoms with Crippen molar-refractivity contribution in [1.82, 2.24) is 0 Å². The van der Waals surface area contributed by atoms with Crippen LogP contribution in [0.1, 0.15) is 22.6 Å². The summed E-state index contributed by atoms with van der Waals surface area (Å²) in [5.74, 6) is -0.521. The summed E-state index contributed by atoms with van der Waals surface area (Å²) < 4.78 is 14.0. The Morgan fingerprint density at radius 2 is 1.91 bits per heavy atom. The summed E-state index contributed by atoms with van der Waals surface area (Å²) in [4.78, 5) is 26.7. The van der Waals surface area contributed by atoms with E-state index in [-0.39, 0.29) is 24.0 Å². The van der Waals surface area contributed by atoms with E-state index in [4.69, 9.17) is 10.5 Å². The Morgan fingerprint density at radius 1 is 1.23 bits per heavy atom. The first-order valence-electron chi connectivity index (χ1n) is 6.29. The van der Waals surface area contributed by atoms with E-state index in [1.807, 2.05) is 19.1 Å². The van der Waals surface area contributed by atoms with Crippen LogP contribution in [0.2, 0.25) is 0 Å². The minimum absolute atomic E-state index is 0.0305. The second-order valence-corrected chi connectivity index (χ2v) is 4.41. The van der Waals surface area contributed by atoms with E-state index in [9.17, 15) is 9.59 Å². The fraction of sp³-hybridized carbons (Fsp3) is 0.214. The molecule has 0 bridgehead atoms. The molecular weight excluding hydrogens is 292 g/mol. The molecule has 116 valence electrons. The third kappa shape index (κ3) is 3.98. The van der Waals surface area contributed by atoms with Gasteiger partial charge < -0.3 is 19.3 Å². The maximum absolute atomic E-state index is 11.4. The second-order valence-electron chi connectivity index (χ2n) is 4.41. The molecule has 1 aromatic carbocycles. The summed E-state index contributed by atoms with van der Waals surface area (Å²) in [6, 6.07) is 7.18. The maximum Gasteiger partial charge on any atom is 0.535 e. The van der Waals surface area contributed by atoms with Gasteiger partial charge in [0.15, 0.2) is 24.0 Å². The van der Waals surface area contributed by atoms with Gasteiger partial charge in [-0.05, 0) is 13.8 Å². The number of amidine groups is 1. The van der Waals surface area contributed by atoms with Gasteiger partial charge in [-0.2, -0.15) is 0 Å². The molecule has 8 nitrogen and oxygen atoms in total. The summed E-state index contributed by atoms with van der Waals surface area (Å²) >= 11 is 0. The third-order valence-electron chi connectivity index (χ3n) is 2.72. The Bertz CT molecular complexity index is 741. The highest BCUT2D eigenvalue weighted by molar-refractivity contribution is 5.97. The topological polar surface area (TPSA) is 117 Å². The van der Waals surface area contributed by atoms with E-state index < -0.39 is 12.0 Å². The lowest BCUT2D eigenvalue weighted by molar-refractivity contribution is 0.0468. The minimum Gasteiger partial charge on any atom is -0.424 e. The van der Waals surface area contributed by atoms with Crippen LogP contribution < -0.4 is 11.6 Å². The van der Waals surface area contributed by atoms with Crippen molar-refractivity contribution in [2.75, 3.05) is 0 Å². The third-order valence-corrected chi connectivity index (χ3v) is 2.72. The molecule has 2 aromatic rings. The molecular formula is C14H14N2O6. The normalized spacial score (nSPS) is 11.3. The van der Waals surface area contributed by atoms with E-state index in [1.165, 1.54) is 6.92 Å². The largest absolute Gasteiger partial charge is 0.535 e. The van der Waals surface area contributed by atoms with Gasteiger partial charge in [0.2, 0.25) is 0 Å². The average Bonchev–Trinajstić information content (AvgIpc) is 2.81. The second kappa shape index (κ2) is 6.61. The quantitative estimate of drug-likeness (QED) is 0.301. The van der Waals surface area contributed by atoms with Crippen molar-refractivity contribution < 1.29 is 23.2 Å². The van der Waals surface area contributed by atoms with Crippen molar-refractivity contribution in [2.45, 2.75) is 20.5 Å². The van der Waals surface area contributed by atoms with Gasteiger partial charge in [-0.25, -0.2) is 9.59 Å². The van der Waals surface area contributed by atoms with E-state index in [0.29, 0.717) is 5.56 Å². The number of hydrogen-bond acceptors (Lipinski definition) is 7. The van der Waals surface area contributed by atoms with Crippen molar-refractivity contribution in [2.24, 2.45) is 10.9 Å². The highest BCUT2D eigenvalue weighted by Crippen LogP contribution is 2.07. The van der Waals surface area contributed by atoms with Crippen LogP contribution in [0.4, 0.5) is 4.79 Å². The zero-order chi connectivity index (χ0) is 16.1. The van der Waals surface area contributed by atoms with Gasteiger partial charge in [-0.15, -0.1) is 0 Å². The van der Waals surface area contributed by atoms with Crippen LogP contribution >= 0.6 is 0 Å². The predicted molar refractivity (Wildman–Crippen MR) is 75.2 cm³/mol. The molecule has 0 aliphatic carbocycles. The van der Waals surface area contributed by atoms with Gasteiger partial charge in [0.05, 0.1) is 0 Å². The molecule has 0 unspecified atom stereocenters. The minimum atomic E-state index is -1.08. The fourth-order valence-corrected chi connectivity index (χ4v) is 1.52. The van der Waals surface area contributed by atoms with E-state index in [2.05, 4.69) is 18.8 Å². The number of carbonyl (C=O) groups is 1. The molecule has 22 heavy (non-hydrogen) atoms. The van der Waals surface area contributed by atoms with Crippen LogP contribution in [0.15, 0.2) is 43.1 Å². The standard InChI is InChI=1S/C14H14N2O6/c1-8-3-5-10(6-4-8)12(15)16-22-13(17)19-7-11-9(2)20-14(18)21-11/h3-6H,7H2,1-2H3,(H2,15,16). The Morgan fingerprint density at radius 3 is 2.50 bits per heavy atom. The first-order chi connectivity index (χ1) is 10.5. The lowest BCUT2D eigenvalue weighted by Crippen LogP contribution is -2.15. The van der Waals surface area contributed by atoms with Gasteiger partial charge in [-0.3, -0.25) is 4.84 Å². The molecule has 2 rings (SSSR count). The Kier molecular flexibility index (Phi) is 4.62. The predicted octanol–water partition coefficient (Wildman–Crippen LogP) is 1.82. The molecule has 0 amide bonds. The van der Waals surface area contributed by atoms with Crippen molar-refractivity contribution in [1.29, 1.82) is 0 Å². The first kappa shape index (κ1) is 15.4. The molecule has 2 N–H and O–H groups in total. The van der Waals surface area contributed by atoms with Crippen LogP contribution in [0.3, 0.4) is 0 Å². The number of oxime groups is 1. The molecule has 1 heterocycles. The van der Waals surface area contributed by atoms with E-state index >= 15 is 0 Å². The molecule has 0 radical (unpaired) electrons. The number of hydrogen-bond donors (Lipinski definition) is 1. The Balaban J connectivity index is 1.89. The number of rotatable bonds is 4. The van der Waals surface area contributed by atoms with Crippen LogP contribution in [0.25, 0.3) is 0 Å². The zero-order valence-electron chi connectivity index (χ0n) is 12.0. The number of nitrogens with two attached hydrogens (primary N) is 1.